The van der Waals surface area contributed by atoms with Crippen molar-refractivity contribution < 1.29 is 5.11 Å². The van der Waals surface area contributed by atoms with Crippen LogP contribution in [0, 0.1) is 5.92 Å². The number of hydrogen-bond donors (Lipinski definition) is 2. The van der Waals surface area contributed by atoms with Crippen LogP contribution in [0.25, 0.3) is 0 Å². The van der Waals surface area contributed by atoms with Crippen molar-refractivity contribution in [2.75, 3.05) is 13.2 Å². The minimum Gasteiger partial charge on any atom is -0.396 e. The van der Waals surface area contributed by atoms with Gasteiger partial charge >= 0.3 is 0 Å². The van der Waals surface area contributed by atoms with Crippen LogP contribution < -0.4 is 5.73 Å². The molecular formula is C6H16ClNO. The topological polar surface area (TPSA) is 46.2 Å². The fraction of sp³-hybridized carbons (Fsp3) is 1.00. The van der Waals surface area contributed by atoms with Crippen LogP contribution >= 0.6 is 12.4 Å². The van der Waals surface area contributed by atoms with Crippen molar-refractivity contribution in [3.05, 3.63) is 0 Å². The van der Waals surface area contributed by atoms with E-state index in [1.54, 1.807) is 0 Å². The molecule has 0 aromatic rings. The molecule has 0 saturated heterocycles. The van der Waals surface area contributed by atoms with Crippen LogP contribution in [0.3, 0.4) is 0 Å². The van der Waals surface area contributed by atoms with E-state index in [0.29, 0.717) is 12.5 Å². The van der Waals surface area contributed by atoms with E-state index in [1.165, 1.54) is 0 Å². The van der Waals surface area contributed by atoms with Gasteiger partial charge < -0.3 is 10.8 Å². The molecule has 3 N–H and O–H groups in total. The third kappa shape index (κ3) is 8.21. The zero-order valence-corrected chi connectivity index (χ0v) is 6.66. The van der Waals surface area contributed by atoms with E-state index in [0.717, 1.165) is 19.4 Å². The first-order valence-electron chi connectivity index (χ1n) is 3.12. The molecule has 0 amide bonds. The van der Waals surface area contributed by atoms with Crippen LogP contribution in [0.15, 0.2) is 0 Å². The van der Waals surface area contributed by atoms with Gasteiger partial charge in [0.25, 0.3) is 0 Å². The molecule has 0 aliphatic heterocycles. The van der Waals surface area contributed by atoms with Gasteiger partial charge in [-0.3, -0.25) is 0 Å². The molecular weight excluding hydrogens is 138 g/mol. The normalized spacial score (nSPS) is 12.3. The molecule has 2 nitrogen and oxygen atoms in total. The monoisotopic (exact) mass is 153 g/mol. The summed E-state index contributed by atoms with van der Waals surface area (Å²) in [5.74, 6) is 0.429. The smallest absolute Gasteiger partial charge is 0.0456 e. The molecule has 0 aliphatic rings. The molecule has 0 aliphatic carbocycles. The van der Waals surface area contributed by atoms with Gasteiger partial charge in [0.2, 0.25) is 0 Å². The second-order valence-electron chi connectivity index (χ2n) is 2.22. The molecule has 0 rings (SSSR count). The summed E-state index contributed by atoms with van der Waals surface area (Å²) >= 11 is 0. The molecule has 0 fully saturated rings. The van der Waals surface area contributed by atoms with E-state index in [4.69, 9.17) is 10.8 Å². The quantitative estimate of drug-likeness (QED) is 0.627. The van der Waals surface area contributed by atoms with E-state index in [-0.39, 0.29) is 12.4 Å². The Balaban J connectivity index is 0. The largest absolute Gasteiger partial charge is 0.396 e. The fourth-order valence-corrected chi connectivity index (χ4v) is 0.558. The van der Waals surface area contributed by atoms with Crippen molar-refractivity contribution in [3.63, 3.8) is 0 Å². The Labute approximate surface area is 62.9 Å². The van der Waals surface area contributed by atoms with Gasteiger partial charge in [-0.1, -0.05) is 6.92 Å². The van der Waals surface area contributed by atoms with E-state index in [9.17, 15) is 0 Å². The van der Waals surface area contributed by atoms with E-state index < -0.39 is 0 Å². The van der Waals surface area contributed by atoms with Gasteiger partial charge in [0.1, 0.15) is 0 Å². The highest BCUT2D eigenvalue weighted by molar-refractivity contribution is 5.85. The number of aliphatic hydroxyl groups is 1. The van der Waals surface area contributed by atoms with E-state index >= 15 is 0 Å². The van der Waals surface area contributed by atoms with Crippen molar-refractivity contribution in [3.8, 4) is 0 Å². The minimum atomic E-state index is 0. The molecule has 58 valence electrons. The van der Waals surface area contributed by atoms with Gasteiger partial charge in [0, 0.05) is 6.61 Å². The first kappa shape index (κ1) is 11.9. The van der Waals surface area contributed by atoms with Gasteiger partial charge in [-0.2, -0.15) is 0 Å². The summed E-state index contributed by atoms with van der Waals surface area (Å²) in [5, 5.41) is 8.52. The summed E-state index contributed by atoms with van der Waals surface area (Å²) in [6.45, 7) is 3.06. The zero-order valence-electron chi connectivity index (χ0n) is 5.84. The average molecular weight is 154 g/mol. The lowest BCUT2D eigenvalue weighted by atomic mass is 10.1. The second kappa shape index (κ2) is 8.21. The van der Waals surface area contributed by atoms with Crippen LogP contribution in [0.4, 0.5) is 0 Å². The standard InChI is InChI=1S/C6H15NO.ClH/c1-6(5-8)3-2-4-7;/h6,8H,2-5,7H2,1H3;1H. The van der Waals surface area contributed by atoms with Crippen molar-refractivity contribution in [1.29, 1.82) is 0 Å². The van der Waals surface area contributed by atoms with Gasteiger partial charge in [-0.15, -0.1) is 12.4 Å². The Morgan fingerprint density at radius 2 is 2.11 bits per heavy atom. The highest BCUT2D eigenvalue weighted by Crippen LogP contribution is 2.01. The summed E-state index contributed by atoms with van der Waals surface area (Å²) in [6.07, 6.45) is 2.08. The number of rotatable bonds is 4. The Morgan fingerprint density at radius 3 is 2.44 bits per heavy atom. The predicted octanol–water partition coefficient (Wildman–Crippen LogP) is 0.775. The Morgan fingerprint density at radius 1 is 1.56 bits per heavy atom. The molecule has 1 atom stereocenters. The number of aliphatic hydroxyl groups excluding tert-OH is 1. The Hall–Kier alpha value is 0.210. The van der Waals surface area contributed by atoms with E-state index in [1.807, 2.05) is 6.92 Å². The molecule has 0 saturated carbocycles. The molecule has 1 unspecified atom stereocenters. The highest BCUT2D eigenvalue weighted by Gasteiger charge is 1.96. The molecule has 0 spiro atoms. The molecule has 0 aromatic carbocycles. The SMILES string of the molecule is CC(CO)CCCN.Cl. The maximum absolute atomic E-state index is 8.52. The van der Waals surface area contributed by atoms with E-state index in [2.05, 4.69) is 0 Å². The van der Waals surface area contributed by atoms with Crippen molar-refractivity contribution in [1.82, 2.24) is 0 Å². The Kier molecular flexibility index (Phi) is 10.9. The van der Waals surface area contributed by atoms with Crippen LogP contribution in [0.2, 0.25) is 0 Å². The van der Waals surface area contributed by atoms with Gasteiger partial charge in [0.15, 0.2) is 0 Å². The molecule has 0 heterocycles. The highest BCUT2D eigenvalue weighted by atomic mass is 35.5. The number of nitrogens with two attached hydrogens (primary N) is 1. The lowest BCUT2D eigenvalue weighted by Gasteiger charge is -2.03. The third-order valence-electron chi connectivity index (χ3n) is 1.21. The summed E-state index contributed by atoms with van der Waals surface area (Å²) in [4.78, 5) is 0. The molecule has 9 heavy (non-hydrogen) atoms. The van der Waals surface area contributed by atoms with Gasteiger partial charge in [0.05, 0.1) is 0 Å². The summed E-state index contributed by atoms with van der Waals surface area (Å²) in [6, 6.07) is 0. The first-order valence-corrected chi connectivity index (χ1v) is 3.12. The van der Waals surface area contributed by atoms with Crippen LogP contribution in [0.5, 0.6) is 0 Å². The lowest BCUT2D eigenvalue weighted by molar-refractivity contribution is 0.229. The van der Waals surface area contributed by atoms with Crippen LogP contribution in [-0.4, -0.2) is 18.3 Å². The number of hydrogen-bond acceptors (Lipinski definition) is 2. The van der Waals surface area contributed by atoms with Crippen molar-refractivity contribution in [2.45, 2.75) is 19.8 Å². The van der Waals surface area contributed by atoms with Crippen LogP contribution in [0.1, 0.15) is 19.8 Å². The minimum absolute atomic E-state index is 0. The molecule has 0 aromatic heterocycles. The first-order chi connectivity index (χ1) is 3.81. The average Bonchev–Trinajstić information content (AvgIpc) is 1.83. The fourth-order valence-electron chi connectivity index (χ4n) is 0.558. The number of halogens is 1. The van der Waals surface area contributed by atoms with Gasteiger partial charge in [-0.05, 0) is 25.3 Å². The predicted molar refractivity (Wildman–Crippen MR) is 41.8 cm³/mol. The molecule has 0 bridgehead atoms. The molecule has 3 heteroatoms. The molecule has 0 radical (unpaired) electrons. The van der Waals surface area contributed by atoms with Crippen LogP contribution in [-0.2, 0) is 0 Å². The van der Waals surface area contributed by atoms with Crippen molar-refractivity contribution in [2.24, 2.45) is 11.7 Å². The third-order valence-corrected chi connectivity index (χ3v) is 1.21. The van der Waals surface area contributed by atoms with Gasteiger partial charge in [-0.25, -0.2) is 0 Å². The Bertz CT molecular complexity index is 52.3. The van der Waals surface area contributed by atoms with Crippen molar-refractivity contribution >= 4 is 12.4 Å². The zero-order chi connectivity index (χ0) is 6.41. The summed E-state index contributed by atoms with van der Waals surface area (Å²) in [7, 11) is 0. The maximum atomic E-state index is 8.52. The maximum Gasteiger partial charge on any atom is 0.0456 e. The lowest BCUT2D eigenvalue weighted by Crippen LogP contribution is -2.05. The summed E-state index contributed by atoms with van der Waals surface area (Å²) < 4.78 is 0. The second-order valence-corrected chi connectivity index (χ2v) is 2.22. The summed E-state index contributed by atoms with van der Waals surface area (Å²) in [5.41, 5.74) is 5.25.